The molecule has 45 heavy (non-hydrogen) atoms. The van der Waals surface area contributed by atoms with Gasteiger partial charge in [0.05, 0.1) is 0 Å². The Morgan fingerprint density at radius 3 is 2.20 bits per heavy atom. The number of rotatable bonds is 14. The summed E-state index contributed by atoms with van der Waals surface area (Å²) in [5, 5.41) is 7.00. The van der Waals surface area contributed by atoms with Crippen LogP contribution < -0.4 is 10.6 Å². The van der Waals surface area contributed by atoms with Crippen LogP contribution in [-0.4, -0.2) is 77.6 Å². The molecular weight excluding hydrogens is 554 g/mol. The second-order valence-electron chi connectivity index (χ2n) is 11.7. The van der Waals surface area contributed by atoms with Crippen molar-refractivity contribution in [1.82, 2.24) is 30.1 Å². The molecule has 1 saturated heterocycles. The molecule has 2 atom stereocenters. The smallest absolute Gasteiger partial charge is 0.180 e. The lowest BCUT2D eigenvalue weighted by molar-refractivity contribution is 0.132. The zero-order chi connectivity index (χ0) is 33.0. The first-order chi connectivity index (χ1) is 21.9. The molecule has 1 aromatic carbocycles. The number of aromatic nitrogens is 3. The van der Waals surface area contributed by atoms with Crippen LogP contribution in [0, 0.1) is 13.8 Å². The number of aryl methyl sites for hydroxylation is 2. The number of nitrogens with zero attached hydrogens (tertiary/aromatic N) is 5. The highest BCUT2D eigenvalue weighted by atomic mass is 15.3. The topological polar surface area (TPSA) is 69.2 Å². The van der Waals surface area contributed by atoms with Gasteiger partial charge in [0.25, 0.3) is 0 Å². The second-order valence-corrected chi connectivity index (χ2v) is 11.7. The van der Waals surface area contributed by atoms with Crippen molar-refractivity contribution in [3.05, 3.63) is 83.7 Å². The van der Waals surface area contributed by atoms with Crippen LogP contribution >= 0.6 is 0 Å². The number of anilines is 1. The Labute approximate surface area is 275 Å². The van der Waals surface area contributed by atoms with E-state index in [0.717, 1.165) is 42.2 Å². The van der Waals surface area contributed by atoms with Gasteiger partial charge in [0.15, 0.2) is 5.82 Å². The summed E-state index contributed by atoms with van der Waals surface area (Å²) in [6.07, 6.45) is 8.59. The maximum atomic E-state index is 4.90. The molecule has 248 valence electrons. The minimum absolute atomic E-state index is 0.191. The predicted octanol–water partition coefficient (Wildman–Crippen LogP) is 8.05. The zero-order valence-electron chi connectivity index (χ0n) is 29.6. The molecule has 3 heterocycles. The summed E-state index contributed by atoms with van der Waals surface area (Å²) in [6.45, 7) is 26.9. The highest BCUT2D eigenvalue weighted by molar-refractivity contribution is 5.58. The van der Waals surface area contributed by atoms with Crippen molar-refractivity contribution in [2.24, 2.45) is 0 Å². The predicted molar refractivity (Wildman–Crippen MR) is 194 cm³/mol. The Bertz CT molecular complexity index is 1220. The van der Waals surface area contributed by atoms with Gasteiger partial charge in [-0.3, -0.25) is 4.98 Å². The molecule has 1 aliphatic heterocycles. The van der Waals surface area contributed by atoms with Crippen molar-refractivity contribution in [2.45, 2.75) is 86.1 Å². The van der Waals surface area contributed by atoms with Crippen molar-refractivity contribution < 1.29 is 0 Å². The van der Waals surface area contributed by atoms with E-state index in [1.165, 1.54) is 63.2 Å². The molecule has 1 fully saturated rings. The molecular formula is C38H61N7. The Hall–Kier alpha value is -3.13. The number of pyridine rings is 1. The fourth-order valence-electron chi connectivity index (χ4n) is 5.57. The minimum atomic E-state index is 0.191. The fourth-order valence-corrected chi connectivity index (χ4v) is 5.57. The van der Waals surface area contributed by atoms with Crippen molar-refractivity contribution in [2.75, 3.05) is 58.2 Å². The Balaban J connectivity index is 0.000000370. The summed E-state index contributed by atoms with van der Waals surface area (Å²) in [4.78, 5) is 19.3. The summed E-state index contributed by atoms with van der Waals surface area (Å²) in [7, 11) is 1.99. The van der Waals surface area contributed by atoms with E-state index in [1.54, 1.807) is 0 Å². The van der Waals surface area contributed by atoms with Crippen LogP contribution in [0.4, 0.5) is 5.82 Å². The molecule has 1 aliphatic rings. The van der Waals surface area contributed by atoms with Crippen LogP contribution in [0.15, 0.2) is 61.3 Å². The molecule has 0 spiro atoms. The van der Waals surface area contributed by atoms with E-state index < -0.39 is 0 Å². The van der Waals surface area contributed by atoms with Gasteiger partial charge in [-0.05, 0) is 88.8 Å². The third kappa shape index (κ3) is 12.6. The molecule has 7 nitrogen and oxygen atoms in total. The minimum Gasteiger partial charge on any atom is -0.368 e. The first-order valence-electron chi connectivity index (χ1n) is 17.2. The lowest BCUT2D eigenvalue weighted by Gasteiger charge is -2.34. The van der Waals surface area contributed by atoms with E-state index >= 15 is 0 Å². The van der Waals surface area contributed by atoms with Crippen molar-refractivity contribution in [1.29, 1.82) is 0 Å². The average molecular weight is 616 g/mol. The van der Waals surface area contributed by atoms with Gasteiger partial charge in [0.2, 0.25) is 0 Å². The van der Waals surface area contributed by atoms with Crippen molar-refractivity contribution in [3.63, 3.8) is 0 Å². The van der Waals surface area contributed by atoms with Crippen LogP contribution in [0.5, 0.6) is 0 Å². The summed E-state index contributed by atoms with van der Waals surface area (Å²) in [5.41, 5.74) is 5.40. The molecule has 0 amide bonds. The number of unbranched alkanes of at least 4 members (excludes halogenated alkanes) is 1. The van der Waals surface area contributed by atoms with E-state index in [2.05, 4.69) is 90.9 Å². The lowest BCUT2D eigenvalue weighted by Crippen LogP contribution is -2.46. The SMILES string of the molecule is C=CCCCN1CCN(CCC)CC1.CC.CCC(C)c1c(C)nc(-c2cc(C)ccn2)nc1NCC(NC)c1ccccc1. The maximum absolute atomic E-state index is 4.90. The third-order valence-corrected chi connectivity index (χ3v) is 8.30. The number of nitrogens with one attached hydrogen (secondary N) is 2. The fraction of sp³-hybridized carbons (Fsp3) is 0.553. The van der Waals surface area contributed by atoms with Crippen LogP contribution in [0.2, 0.25) is 0 Å². The molecule has 4 rings (SSSR count). The highest BCUT2D eigenvalue weighted by Gasteiger charge is 2.19. The summed E-state index contributed by atoms with van der Waals surface area (Å²) in [6, 6.07) is 14.7. The van der Waals surface area contributed by atoms with E-state index in [-0.39, 0.29) is 6.04 Å². The van der Waals surface area contributed by atoms with Crippen LogP contribution in [-0.2, 0) is 0 Å². The number of benzene rings is 1. The van der Waals surface area contributed by atoms with E-state index in [9.17, 15) is 0 Å². The standard InChI is InChI=1S/C24H31N5.C12H24N2.C2H6/c1-6-17(3)22-18(4)28-23(20-14-16(2)12-13-26-20)29-24(22)27-15-21(25-5)19-10-8-7-9-11-19;1-3-5-6-8-14-11-9-13(7-4-2)10-12-14;1-2/h7-14,17,21,25H,6,15H2,1-5H3,(H,27,28,29);3H,1,4-12H2,2H3;1-2H3. The molecule has 2 N–H and O–H groups in total. The molecule has 0 saturated carbocycles. The first-order valence-corrected chi connectivity index (χ1v) is 17.2. The molecule has 0 bridgehead atoms. The first kappa shape index (κ1) is 38.1. The van der Waals surface area contributed by atoms with Crippen LogP contribution in [0.25, 0.3) is 11.5 Å². The van der Waals surface area contributed by atoms with Crippen molar-refractivity contribution >= 4 is 5.82 Å². The van der Waals surface area contributed by atoms with Crippen LogP contribution in [0.1, 0.15) is 94.6 Å². The number of allylic oxidation sites excluding steroid dienone is 1. The van der Waals surface area contributed by atoms with Gasteiger partial charge in [0, 0.05) is 56.2 Å². The average Bonchev–Trinajstić information content (AvgIpc) is 3.07. The highest BCUT2D eigenvalue weighted by Crippen LogP contribution is 2.30. The molecule has 0 aliphatic carbocycles. The van der Waals surface area contributed by atoms with Crippen molar-refractivity contribution in [3.8, 4) is 11.5 Å². The maximum Gasteiger partial charge on any atom is 0.180 e. The zero-order valence-corrected chi connectivity index (χ0v) is 29.6. The summed E-state index contributed by atoms with van der Waals surface area (Å²) < 4.78 is 0. The Kier molecular flexibility index (Phi) is 18.2. The van der Waals surface area contributed by atoms with Gasteiger partial charge in [0.1, 0.15) is 11.5 Å². The number of piperazine rings is 1. The van der Waals surface area contributed by atoms with Gasteiger partial charge in [-0.2, -0.15) is 0 Å². The van der Waals surface area contributed by atoms with Gasteiger partial charge in [-0.15, -0.1) is 6.58 Å². The molecule has 2 unspecified atom stereocenters. The normalized spacial score (nSPS) is 14.8. The van der Waals surface area contributed by atoms with Gasteiger partial charge >= 0.3 is 0 Å². The van der Waals surface area contributed by atoms with Crippen LogP contribution in [0.3, 0.4) is 0 Å². The van der Waals surface area contributed by atoms with Gasteiger partial charge < -0.3 is 20.4 Å². The third-order valence-electron chi connectivity index (χ3n) is 8.30. The Morgan fingerprint density at radius 1 is 0.956 bits per heavy atom. The summed E-state index contributed by atoms with van der Waals surface area (Å²) >= 11 is 0. The number of hydrogen-bond acceptors (Lipinski definition) is 7. The Morgan fingerprint density at radius 2 is 1.62 bits per heavy atom. The summed E-state index contributed by atoms with van der Waals surface area (Å²) in [5.74, 6) is 1.95. The van der Waals surface area contributed by atoms with E-state index in [4.69, 9.17) is 9.97 Å². The van der Waals surface area contributed by atoms with Gasteiger partial charge in [-0.1, -0.05) is 71.0 Å². The molecule has 3 aromatic rings. The quantitative estimate of drug-likeness (QED) is 0.140. The van der Waals surface area contributed by atoms with E-state index in [1.807, 2.05) is 51.4 Å². The van der Waals surface area contributed by atoms with E-state index in [0.29, 0.717) is 11.7 Å². The largest absolute Gasteiger partial charge is 0.368 e. The lowest BCUT2D eigenvalue weighted by atomic mass is 9.97. The molecule has 0 radical (unpaired) electrons. The monoisotopic (exact) mass is 615 g/mol. The second kappa shape index (κ2) is 21.6. The number of hydrogen-bond donors (Lipinski definition) is 2. The molecule has 2 aromatic heterocycles. The molecule has 7 heteroatoms. The number of likely N-dealkylation sites (N-methyl/N-ethyl adjacent to an activating group) is 1. The van der Waals surface area contributed by atoms with Gasteiger partial charge in [-0.25, -0.2) is 9.97 Å².